The van der Waals surface area contributed by atoms with E-state index in [1.807, 2.05) is 35.3 Å². The second kappa shape index (κ2) is 4.83. The molecular weight excluding hydrogens is 254 g/mol. The highest BCUT2D eigenvalue weighted by molar-refractivity contribution is 5.47. The highest BCUT2D eigenvalue weighted by Crippen LogP contribution is 2.35. The van der Waals surface area contributed by atoms with E-state index in [4.69, 9.17) is 9.47 Å². The number of rotatable bonds is 3. The van der Waals surface area contributed by atoms with Crippen LogP contribution in [-0.4, -0.2) is 41.0 Å². The molecule has 0 atom stereocenters. The number of aromatic nitrogens is 2. The first kappa shape index (κ1) is 11.8. The van der Waals surface area contributed by atoms with Crippen molar-refractivity contribution in [1.29, 1.82) is 0 Å². The van der Waals surface area contributed by atoms with E-state index in [2.05, 4.69) is 16.1 Å². The summed E-state index contributed by atoms with van der Waals surface area (Å²) in [5, 5.41) is 4.30. The lowest BCUT2D eigenvalue weighted by Crippen LogP contribution is -2.47. The summed E-state index contributed by atoms with van der Waals surface area (Å²) < 4.78 is 13.4. The molecular formula is C15H17N3O2. The van der Waals surface area contributed by atoms with Gasteiger partial charge in [0.2, 0.25) is 0 Å². The molecule has 4 rings (SSSR count). The minimum atomic E-state index is 0.502. The summed E-state index contributed by atoms with van der Waals surface area (Å²) in [4.78, 5) is 2.40. The van der Waals surface area contributed by atoms with Crippen LogP contribution in [0.3, 0.4) is 0 Å². The number of nitrogens with zero attached hydrogens (tertiary/aromatic N) is 3. The minimum Gasteiger partial charge on any atom is -0.486 e. The van der Waals surface area contributed by atoms with Crippen molar-refractivity contribution < 1.29 is 9.47 Å². The molecule has 0 radical (unpaired) electrons. The van der Waals surface area contributed by atoms with Gasteiger partial charge in [-0.05, 0) is 12.1 Å². The summed E-state index contributed by atoms with van der Waals surface area (Å²) in [6.45, 7) is 4.25. The van der Waals surface area contributed by atoms with Gasteiger partial charge in [-0.3, -0.25) is 9.58 Å². The Kier molecular flexibility index (Phi) is 2.85. The first-order chi connectivity index (χ1) is 9.90. The molecule has 5 nitrogen and oxygen atoms in total. The second-order valence-corrected chi connectivity index (χ2v) is 5.28. The van der Waals surface area contributed by atoms with Crippen LogP contribution in [0.2, 0.25) is 0 Å². The van der Waals surface area contributed by atoms with Gasteiger partial charge in [-0.2, -0.15) is 5.10 Å². The molecule has 2 aliphatic rings. The highest BCUT2D eigenvalue weighted by atomic mass is 16.6. The number of hydrogen-bond acceptors (Lipinski definition) is 4. The van der Waals surface area contributed by atoms with Gasteiger partial charge in [-0.25, -0.2) is 0 Å². The molecule has 5 heteroatoms. The van der Waals surface area contributed by atoms with Gasteiger partial charge in [0.25, 0.3) is 0 Å². The lowest BCUT2D eigenvalue weighted by atomic mass is 10.1. The molecule has 1 aromatic carbocycles. The molecule has 0 aliphatic carbocycles. The molecule has 2 aromatic rings. The summed E-state index contributed by atoms with van der Waals surface area (Å²) in [6.07, 6.45) is 3.87. The lowest BCUT2D eigenvalue weighted by molar-refractivity contribution is 0.0880. The molecule has 0 saturated carbocycles. The molecule has 0 unspecified atom stereocenters. The van der Waals surface area contributed by atoms with Crippen molar-refractivity contribution in [2.75, 3.05) is 26.3 Å². The van der Waals surface area contributed by atoms with Gasteiger partial charge in [0, 0.05) is 37.6 Å². The third-order valence-electron chi connectivity index (χ3n) is 3.88. The first-order valence-corrected chi connectivity index (χ1v) is 6.99. The standard InChI is InChI=1S/C15H17N3O2/c1-3-12(15-14(4-1)19-7-8-20-15)9-17-10-13(11-17)18-6-2-5-16-18/h1-6,13H,7-11H2. The molecule has 1 fully saturated rings. The number of para-hydroxylation sites is 1. The van der Waals surface area contributed by atoms with Gasteiger partial charge in [-0.1, -0.05) is 12.1 Å². The Hall–Kier alpha value is -2.01. The van der Waals surface area contributed by atoms with Crippen molar-refractivity contribution >= 4 is 0 Å². The molecule has 0 N–H and O–H groups in total. The van der Waals surface area contributed by atoms with Crippen molar-refractivity contribution in [1.82, 2.24) is 14.7 Å². The van der Waals surface area contributed by atoms with Gasteiger partial charge in [0.1, 0.15) is 13.2 Å². The van der Waals surface area contributed by atoms with Crippen molar-refractivity contribution in [2.24, 2.45) is 0 Å². The highest BCUT2D eigenvalue weighted by Gasteiger charge is 2.29. The maximum atomic E-state index is 5.75. The third-order valence-corrected chi connectivity index (χ3v) is 3.88. The van der Waals surface area contributed by atoms with Crippen LogP contribution >= 0.6 is 0 Å². The van der Waals surface area contributed by atoms with E-state index in [1.54, 1.807) is 0 Å². The Balaban J connectivity index is 1.44. The molecule has 2 aliphatic heterocycles. The Labute approximate surface area is 117 Å². The maximum Gasteiger partial charge on any atom is 0.165 e. The molecule has 1 aromatic heterocycles. The van der Waals surface area contributed by atoms with Gasteiger partial charge < -0.3 is 9.47 Å². The smallest absolute Gasteiger partial charge is 0.165 e. The molecule has 104 valence electrons. The van der Waals surface area contributed by atoms with Crippen LogP contribution < -0.4 is 9.47 Å². The van der Waals surface area contributed by atoms with E-state index in [9.17, 15) is 0 Å². The molecule has 20 heavy (non-hydrogen) atoms. The normalized spacial score (nSPS) is 18.8. The quantitative estimate of drug-likeness (QED) is 0.852. The Morgan fingerprint density at radius 3 is 2.90 bits per heavy atom. The first-order valence-electron chi connectivity index (χ1n) is 6.99. The van der Waals surface area contributed by atoms with Gasteiger partial charge in [0.15, 0.2) is 11.5 Å². The fourth-order valence-electron chi connectivity index (χ4n) is 2.84. The summed E-state index contributed by atoms with van der Waals surface area (Å²) in [5.74, 6) is 1.79. The van der Waals surface area contributed by atoms with Crippen molar-refractivity contribution in [3.05, 3.63) is 42.2 Å². The van der Waals surface area contributed by atoms with E-state index < -0.39 is 0 Å². The van der Waals surface area contributed by atoms with E-state index in [1.165, 1.54) is 5.56 Å². The molecule has 0 amide bonds. The van der Waals surface area contributed by atoms with E-state index in [0.717, 1.165) is 31.1 Å². The Morgan fingerprint density at radius 2 is 2.05 bits per heavy atom. The predicted octanol–water partition coefficient (Wildman–Crippen LogP) is 1.71. The SMILES string of the molecule is c1cc(CN2CC(n3cccn3)C2)c2c(c1)OCCO2. The summed E-state index contributed by atoms with van der Waals surface area (Å²) in [6, 6.07) is 8.60. The van der Waals surface area contributed by atoms with Gasteiger partial charge in [-0.15, -0.1) is 0 Å². The fourth-order valence-corrected chi connectivity index (χ4v) is 2.84. The Morgan fingerprint density at radius 1 is 1.15 bits per heavy atom. The third kappa shape index (κ3) is 2.04. The molecule has 1 saturated heterocycles. The van der Waals surface area contributed by atoms with Crippen LogP contribution in [0.5, 0.6) is 11.5 Å². The maximum absolute atomic E-state index is 5.75. The van der Waals surface area contributed by atoms with E-state index in [-0.39, 0.29) is 0 Å². The average Bonchev–Trinajstić information content (AvgIpc) is 2.96. The summed E-state index contributed by atoms with van der Waals surface area (Å²) in [7, 11) is 0. The van der Waals surface area contributed by atoms with Crippen LogP contribution in [0.15, 0.2) is 36.7 Å². The van der Waals surface area contributed by atoms with E-state index >= 15 is 0 Å². The zero-order chi connectivity index (χ0) is 13.4. The zero-order valence-corrected chi connectivity index (χ0v) is 11.2. The lowest BCUT2D eigenvalue weighted by Gasteiger charge is -2.39. The number of fused-ring (bicyclic) bond motifs is 1. The van der Waals surface area contributed by atoms with Crippen LogP contribution in [0, 0.1) is 0 Å². The number of benzene rings is 1. The van der Waals surface area contributed by atoms with Crippen molar-refractivity contribution in [3.63, 3.8) is 0 Å². The van der Waals surface area contributed by atoms with Crippen LogP contribution in [0.1, 0.15) is 11.6 Å². The van der Waals surface area contributed by atoms with Gasteiger partial charge in [0.05, 0.1) is 6.04 Å². The minimum absolute atomic E-state index is 0.502. The number of ether oxygens (including phenoxy) is 2. The number of hydrogen-bond donors (Lipinski definition) is 0. The summed E-state index contributed by atoms with van der Waals surface area (Å²) in [5.41, 5.74) is 1.21. The van der Waals surface area contributed by atoms with Crippen molar-refractivity contribution in [3.8, 4) is 11.5 Å². The molecule has 0 bridgehead atoms. The second-order valence-electron chi connectivity index (χ2n) is 5.28. The van der Waals surface area contributed by atoms with Crippen molar-refractivity contribution in [2.45, 2.75) is 12.6 Å². The zero-order valence-electron chi connectivity index (χ0n) is 11.2. The topological polar surface area (TPSA) is 39.5 Å². The van der Waals surface area contributed by atoms with Crippen LogP contribution in [0.25, 0.3) is 0 Å². The Bertz CT molecular complexity index is 591. The predicted molar refractivity (Wildman–Crippen MR) is 74.0 cm³/mol. The van der Waals surface area contributed by atoms with E-state index in [0.29, 0.717) is 19.3 Å². The summed E-state index contributed by atoms with van der Waals surface area (Å²) >= 11 is 0. The number of likely N-dealkylation sites (tertiary alicyclic amines) is 1. The van der Waals surface area contributed by atoms with Crippen LogP contribution in [-0.2, 0) is 6.54 Å². The largest absolute Gasteiger partial charge is 0.486 e. The molecule has 0 spiro atoms. The average molecular weight is 271 g/mol. The van der Waals surface area contributed by atoms with Crippen LogP contribution in [0.4, 0.5) is 0 Å². The monoisotopic (exact) mass is 271 g/mol. The van der Waals surface area contributed by atoms with Gasteiger partial charge >= 0.3 is 0 Å². The fraction of sp³-hybridized carbons (Fsp3) is 0.400. The molecule has 3 heterocycles.